The highest BCUT2D eigenvalue weighted by Gasteiger charge is 2.27. The van der Waals surface area contributed by atoms with Gasteiger partial charge in [0.1, 0.15) is 11.6 Å². The van der Waals surface area contributed by atoms with Gasteiger partial charge in [-0.25, -0.2) is 9.97 Å². The van der Waals surface area contributed by atoms with Crippen LogP contribution >= 0.6 is 11.8 Å². The number of nitrogens with zero attached hydrogens (tertiary/aromatic N) is 3. The van der Waals surface area contributed by atoms with E-state index in [0.717, 1.165) is 54.7 Å². The maximum Gasteiger partial charge on any atom is 0.191 e. The molecule has 0 aromatic carbocycles. The molecule has 0 radical (unpaired) electrons. The zero-order chi connectivity index (χ0) is 13.8. The molecule has 1 saturated heterocycles. The molecule has 2 atom stereocenters. The first kappa shape index (κ1) is 14.4. The number of hydrogen-bond donors (Lipinski definition) is 1. The van der Waals surface area contributed by atoms with E-state index in [1.54, 1.807) is 11.8 Å². The van der Waals surface area contributed by atoms with Crippen LogP contribution in [0, 0.1) is 11.8 Å². The Bertz CT molecular complexity index is 414. The van der Waals surface area contributed by atoms with Crippen LogP contribution in [0.2, 0.25) is 0 Å². The normalized spacial score (nSPS) is 22.8. The molecule has 2 heterocycles. The average Bonchev–Trinajstić information content (AvgIpc) is 2.76. The minimum atomic E-state index is 0.736. The summed E-state index contributed by atoms with van der Waals surface area (Å²) in [4.78, 5) is 11.5. The second-order valence-electron chi connectivity index (χ2n) is 5.38. The number of nitrogens with one attached hydrogen (secondary N) is 1. The number of aromatic nitrogens is 2. The van der Waals surface area contributed by atoms with Crippen LogP contribution in [0.5, 0.6) is 0 Å². The number of hydrogen-bond acceptors (Lipinski definition) is 5. The van der Waals surface area contributed by atoms with Crippen LogP contribution in [0.1, 0.15) is 27.2 Å². The maximum absolute atomic E-state index is 4.65. The molecule has 0 aliphatic carbocycles. The molecule has 0 amide bonds. The Labute approximate surface area is 120 Å². The lowest BCUT2D eigenvalue weighted by Gasteiger charge is -2.18. The van der Waals surface area contributed by atoms with Gasteiger partial charge in [0, 0.05) is 25.7 Å². The first-order chi connectivity index (χ1) is 9.13. The fourth-order valence-corrected chi connectivity index (χ4v) is 2.70. The third kappa shape index (κ3) is 3.53. The van der Waals surface area contributed by atoms with Crippen molar-refractivity contribution in [2.45, 2.75) is 32.3 Å². The molecule has 1 aromatic heterocycles. The topological polar surface area (TPSA) is 41.0 Å². The lowest BCUT2D eigenvalue weighted by Crippen LogP contribution is -2.21. The van der Waals surface area contributed by atoms with Crippen molar-refractivity contribution in [3.63, 3.8) is 0 Å². The molecule has 1 aliphatic rings. The molecule has 19 heavy (non-hydrogen) atoms. The van der Waals surface area contributed by atoms with E-state index in [1.165, 1.54) is 0 Å². The maximum atomic E-state index is 4.65. The van der Waals surface area contributed by atoms with Gasteiger partial charge < -0.3 is 10.2 Å². The van der Waals surface area contributed by atoms with Gasteiger partial charge in [0.2, 0.25) is 0 Å². The summed E-state index contributed by atoms with van der Waals surface area (Å²) in [5, 5.41) is 4.21. The van der Waals surface area contributed by atoms with E-state index in [1.807, 2.05) is 6.26 Å². The van der Waals surface area contributed by atoms with Crippen LogP contribution in [-0.4, -0.2) is 35.9 Å². The van der Waals surface area contributed by atoms with E-state index in [4.69, 9.17) is 0 Å². The quantitative estimate of drug-likeness (QED) is 0.663. The minimum Gasteiger partial charge on any atom is -0.370 e. The van der Waals surface area contributed by atoms with Crippen LogP contribution in [0.4, 0.5) is 11.6 Å². The Balaban J connectivity index is 2.19. The van der Waals surface area contributed by atoms with Gasteiger partial charge in [-0.3, -0.25) is 0 Å². The van der Waals surface area contributed by atoms with Gasteiger partial charge in [-0.2, -0.15) is 0 Å². The van der Waals surface area contributed by atoms with Crippen molar-refractivity contribution in [3.8, 4) is 0 Å². The van der Waals surface area contributed by atoms with Crippen molar-refractivity contribution in [3.05, 3.63) is 6.07 Å². The van der Waals surface area contributed by atoms with E-state index in [2.05, 4.69) is 47.0 Å². The molecule has 4 nitrogen and oxygen atoms in total. The molecule has 0 bridgehead atoms. The van der Waals surface area contributed by atoms with E-state index >= 15 is 0 Å². The highest BCUT2D eigenvalue weighted by atomic mass is 32.2. The predicted octanol–water partition coefficient (Wildman–Crippen LogP) is 3.11. The highest BCUT2D eigenvalue weighted by molar-refractivity contribution is 7.98. The summed E-state index contributed by atoms with van der Waals surface area (Å²) >= 11 is 1.60. The SMILES string of the molecule is CCCNc1cc(N2CC(C)C(C)C2)nc(SC)n1. The Morgan fingerprint density at radius 1 is 1.32 bits per heavy atom. The average molecular weight is 280 g/mol. The van der Waals surface area contributed by atoms with Crippen molar-refractivity contribution < 1.29 is 0 Å². The molecule has 5 heteroatoms. The third-order valence-electron chi connectivity index (χ3n) is 3.74. The molecule has 1 N–H and O–H groups in total. The molecular weight excluding hydrogens is 256 g/mol. The summed E-state index contributed by atoms with van der Waals surface area (Å²) in [5.41, 5.74) is 0. The lowest BCUT2D eigenvalue weighted by atomic mass is 10.0. The van der Waals surface area contributed by atoms with Gasteiger partial charge in [-0.15, -0.1) is 0 Å². The second kappa shape index (κ2) is 6.46. The largest absolute Gasteiger partial charge is 0.370 e. The fourth-order valence-electron chi connectivity index (χ4n) is 2.33. The van der Waals surface area contributed by atoms with Gasteiger partial charge >= 0.3 is 0 Å². The Hall–Kier alpha value is -0.970. The number of rotatable bonds is 5. The summed E-state index contributed by atoms with van der Waals surface area (Å²) in [7, 11) is 0. The van der Waals surface area contributed by atoms with Gasteiger partial charge in [-0.1, -0.05) is 32.5 Å². The molecule has 0 spiro atoms. The van der Waals surface area contributed by atoms with Gasteiger partial charge in [0.05, 0.1) is 0 Å². The molecule has 2 unspecified atom stereocenters. The van der Waals surface area contributed by atoms with E-state index in [9.17, 15) is 0 Å². The van der Waals surface area contributed by atoms with E-state index in [0.29, 0.717) is 0 Å². The monoisotopic (exact) mass is 280 g/mol. The first-order valence-electron chi connectivity index (χ1n) is 7.06. The van der Waals surface area contributed by atoms with Crippen molar-refractivity contribution in [1.82, 2.24) is 9.97 Å². The smallest absolute Gasteiger partial charge is 0.191 e. The van der Waals surface area contributed by atoms with Crippen LogP contribution in [0.15, 0.2) is 11.2 Å². The van der Waals surface area contributed by atoms with Gasteiger partial charge in [0.25, 0.3) is 0 Å². The Morgan fingerprint density at radius 3 is 2.58 bits per heavy atom. The van der Waals surface area contributed by atoms with Crippen molar-refractivity contribution in [2.75, 3.05) is 36.1 Å². The van der Waals surface area contributed by atoms with Crippen LogP contribution < -0.4 is 10.2 Å². The third-order valence-corrected chi connectivity index (χ3v) is 4.29. The van der Waals surface area contributed by atoms with Gasteiger partial charge in [0.15, 0.2) is 5.16 Å². The Kier molecular flexibility index (Phi) is 4.91. The zero-order valence-corrected chi connectivity index (χ0v) is 13.1. The summed E-state index contributed by atoms with van der Waals surface area (Å²) < 4.78 is 0. The summed E-state index contributed by atoms with van der Waals surface area (Å²) in [6, 6.07) is 2.08. The van der Waals surface area contributed by atoms with Gasteiger partial charge in [-0.05, 0) is 24.5 Å². The molecular formula is C14H24N4S. The van der Waals surface area contributed by atoms with Crippen LogP contribution in [0.3, 0.4) is 0 Å². The lowest BCUT2D eigenvalue weighted by molar-refractivity contribution is 0.494. The van der Waals surface area contributed by atoms with E-state index in [-0.39, 0.29) is 0 Å². The van der Waals surface area contributed by atoms with Crippen LogP contribution in [-0.2, 0) is 0 Å². The summed E-state index contributed by atoms with van der Waals surface area (Å²) in [6.07, 6.45) is 3.13. The molecule has 2 rings (SSSR count). The van der Waals surface area contributed by atoms with Crippen molar-refractivity contribution >= 4 is 23.4 Å². The van der Waals surface area contributed by atoms with Crippen molar-refractivity contribution in [1.29, 1.82) is 0 Å². The Morgan fingerprint density at radius 2 is 2.00 bits per heavy atom. The van der Waals surface area contributed by atoms with Crippen molar-refractivity contribution in [2.24, 2.45) is 11.8 Å². The van der Waals surface area contributed by atoms with E-state index < -0.39 is 0 Å². The highest BCUT2D eigenvalue weighted by Crippen LogP contribution is 2.28. The van der Waals surface area contributed by atoms with Crippen LogP contribution in [0.25, 0.3) is 0 Å². The number of anilines is 2. The second-order valence-corrected chi connectivity index (χ2v) is 6.16. The first-order valence-corrected chi connectivity index (χ1v) is 8.28. The fraction of sp³-hybridized carbons (Fsp3) is 0.714. The minimum absolute atomic E-state index is 0.736. The molecule has 1 aliphatic heterocycles. The summed E-state index contributed by atoms with van der Waals surface area (Å²) in [6.45, 7) is 9.94. The predicted molar refractivity (Wildman–Crippen MR) is 83.1 cm³/mol. The molecule has 106 valence electrons. The summed E-state index contributed by atoms with van der Waals surface area (Å²) in [5.74, 6) is 3.48. The standard InChI is InChI=1S/C14H24N4S/c1-5-6-15-12-7-13(17-14(16-12)19-4)18-8-10(2)11(3)9-18/h7,10-11H,5-6,8-9H2,1-4H3,(H,15,16,17). The molecule has 1 aromatic rings. The zero-order valence-electron chi connectivity index (χ0n) is 12.3. The number of thioether (sulfide) groups is 1. The molecule has 0 saturated carbocycles. The molecule has 1 fully saturated rings.